The van der Waals surface area contributed by atoms with Gasteiger partial charge in [0.05, 0.1) is 5.69 Å². The summed E-state index contributed by atoms with van der Waals surface area (Å²) in [7, 11) is 1.95. The van der Waals surface area contributed by atoms with Crippen molar-refractivity contribution < 1.29 is 18.3 Å². The Hall–Kier alpha value is -3.17. The first-order valence-corrected chi connectivity index (χ1v) is 9.35. The number of pyridine rings is 1. The zero-order valence-electron chi connectivity index (χ0n) is 16.2. The maximum absolute atomic E-state index is 12.2. The Morgan fingerprint density at radius 2 is 2.07 bits per heavy atom. The number of carbonyl (C=O) groups is 1. The molecule has 0 bridgehead atoms. The van der Waals surface area contributed by atoms with E-state index in [1.807, 2.05) is 36.9 Å². The van der Waals surface area contributed by atoms with Crippen LogP contribution in [0.15, 0.2) is 24.5 Å². The zero-order valence-corrected chi connectivity index (χ0v) is 16.2. The highest BCUT2D eigenvalue weighted by Crippen LogP contribution is 2.30. The van der Waals surface area contributed by atoms with Gasteiger partial charge in [0.1, 0.15) is 17.2 Å². The highest BCUT2D eigenvalue weighted by molar-refractivity contribution is 5.93. The normalized spacial score (nSPS) is 14.8. The SMILES string of the molecule is Cc1nc(-c2cc3c(N4CCN(C(=O)OCC(F)F)CC4)ccnc3[nH]2)cn1C. The summed E-state index contributed by atoms with van der Waals surface area (Å²) in [5.41, 5.74) is 3.50. The van der Waals surface area contributed by atoms with Gasteiger partial charge >= 0.3 is 6.09 Å². The molecular formula is C19H22F2N6O2. The van der Waals surface area contributed by atoms with Gasteiger partial charge in [0.25, 0.3) is 6.43 Å². The van der Waals surface area contributed by atoms with E-state index >= 15 is 0 Å². The summed E-state index contributed by atoms with van der Waals surface area (Å²) in [5.74, 6) is 0.918. The van der Waals surface area contributed by atoms with Crippen molar-refractivity contribution in [2.45, 2.75) is 13.3 Å². The number of alkyl halides is 2. The number of anilines is 1. The van der Waals surface area contributed by atoms with E-state index in [2.05, 4.69) is 24.6 Å². The number of imidazole rings is 1. The van der Waals surface area contributed by atoms with E-state index in [0.717, 1.165) is 33.9 Å². The van der Waals surface area contributed by atoms with Crippen LogP contribution in [0.5, 0.6) is 0 Å². The van der Waals surface area contributed by atoms with Gasteiger partial charge in [-0.1, -0.05) is 0 Å². The molecular weight excluding hydrogens is 382 g/mol. The van der Waals surface area contributed by atoms with Crippen molar-refractivity contribution in [3.05, 3.63) is 30.4 Å². The number of halogens is 2. The van der Waals surface area contributed by atoms with Crippen molar-refractivity contribution >= 4 is 22.8 Å². The van der Waals surface area contributed by atoms with Crippen LogP contribution in [0.2, 0.25) is 0 Å². The number of fused-ring (bicyclic) bond motifs is 1. The number of nitrogens with one attached hydrogen (secondary N) is 1. The number of piperazine rings is 1. The molecule has 0 unspecified atom stereocenters. The number of ether oxygens (including phenoxy) is 1. The van der Waals surface area contributed by atoms with Crippen molar-refractivity contribution in [3.8, 4) is 11.4 Å². The van der Waals surface area contributed by atoms with Crippen molar-refractivity contribution in [1.29, 1.82) is 0 Å². The second kappa shape index (κ2) is 7.69. The third kappa shape index (κ3) is 3.87. The number of rotatable bonds is 4. The molecule has 4 rings (SSSR count). The summed E-state index contributed by atoms with van der Waals surface area (Å²) in [5, 5.41) is 0.972. The van der Waals surface area contributed by atoms with Crippen LogP contribution in [0, 0.1) is 6.92 Å². The third-order valence-corrected chi connectivity index (χ3v) is 5.10. The first kappa shape index (κ1) is 19.2. The average molecular weight is 404 g/mol. The van der Waals surface area contributed by atoms with Crippen molar-refractivity contribution in [1.82, 2.24) is 24.4 Å². The fraction of sp³-hybridized carbons (Fsp3) is 0.421. The molecule has 0 saturated carbocycles. The smallest absolute Gasteiger partial charge is 0.410 e. The predicted molar refractivity (Wildman–Crippen MR) is 104 cm³/mol. The molecule has 4 heterocycles. The minimum Gasteiger partial charge on any atom is -0.443 e. The maximum atomic E-state index is 12.2. The second-order valence-electron chi connectivity index (χ2n) is 7.00. The van der Waals surface area contributed by atoms with Crippen LogP contribution in [-0.4, -0.2) is 69.7 Å². The number of aromatic amines is 1. The molecule has 0 radical (unpaired) electrons. The Balaban J connectivity index is 1.51. The molecule has 0 spiro atoms. The summed E-state index contributed by atoms with van der Waals surface area (Å²) < 4.78 is 31.0. The molecule has 1 N–H and O–H groups in total. The molecule has 1 aliphatic rings. The van der Waals surface area contributed by atoms with Crippen LogP contribution in [0.4, 0.5) is 19.3 Å². The Bertz CT molecular complexity index is 1000. The predicted octanol–water partition coefficient (Wildman–Crippen LogP) is 2.80. The summed E-state index contributed by atoms with van der Waals surface area (Å²) in [6.45, 7) is 3.04. The number of hydrogen-bond donors (Lipinski definition) is 1. The van der Waals surface area contributed by atoms with E-state index < -0.39 is 19.1 Å². The van der Waals surface area contributed by atoms with Gasteiger partial charge < -0.3 is 24.1 Å². The number of aryl methyl sites for hydroxylation is 2. The lowest BCUT2D eigenvalue weighted by molar-refractivity contribution is 0.0311. The molecule has 154 valence electrons. The van der Waals surface area contributed by atoms with E-state index in [9.17, 15) is 13.6 Å². The molecule has 1 aliphatic heterocycles. The van der Waals surface area contributed by atoms with Crippen LogP contribution in [0.3, 0.4) is 0 Å². The topological polar surface area (TPSA) is 79.3 Å². The largest absolute Gasteiger partial charge is 0.443 e. The summed E-state index contributed by atoms with van der Waals surface area (Å²) in [6, 6.07) is 3.97. The van der Waals surface area contributed by atoms with Gasteiger partial charge in [-0.15, -0.1) is 0 Å². The van der Waals surface area contributed by atoms with E-state index in [1.54, 1.807) is 6.20 Å². The summed E-state index contributed by atoms with van der Waals surface area (Å²) in [4.78, 5) is 27.8. The number of amides is 1. The lowest BCUT2D eigenvalue weighted by Gasteiger charge is -2.35. The van der Waals surface area contributed by atoms with Gasteiger partial charge in [0.15, 0.2) is 6.61 Å². The molecule has 0 aliphatic carbocycles. The maximum Gasteiger partial charge on any atom is 0.410 e. The van der Waals surface area contributed by atoms with Crippen molar-refractivity contribution in [3.63, 3.8) is 0 Å². The number of aromatic nitrogens is 4. The van der Waals surface area contributed by atoms with Gasteiger partial charge in [-0.25, -0.2) is 23.5 Å². The van der Waals surface area contributed by atoms with Crippen LogP contribution in [-0.2, 0) is 11.8 Å². The minimum atomic E-state index is -2.66. The Morgan fingerprint density at radius 1 is 1.31 bits per heavy atom. The molecule has 10 heteroatoms. The minimum absolute atomic E-state index is 0.405. The highest BCUT2D eigenvalue weighted by Gasteiger charge is 2.24. The van der Waals surface area contributed by atoms with Gasteiger partial charge in [0.2, 0.25) is 0 Å². The number of H-pyrrole nitrogens is 1. The van der Waals surface area contributed by atoms with Crippen molar-refractivity contribution in [2.75, 3.05) is 37.7 Å². The van der Waals surface area contributed by atoms with Gasteiger partial charge in [0, 0.05) is 56.7 Å². The molecule has 3 aromatic heterocycles. The molecule has 8 nitrogen and oxygen atoms in total. The van der Waals surface area contributed by atoms with Crippen LogP contribution in [0.25, 0.3) is 22.4 Å². The van der Waals surface area contributed by atoms with Crippen molar-refractivity contribution in [2.24, 2.45) is 7.05 Å². The number of carbonyl (C=O) groups excluding carboxylic acids is 1. The molecule has 3 aromatic rings. The van der Waals surface area contributed by atoms with Gasteiger partial charge in [-0.3, -0.25) is 0 Å². The Kier molecular flexibility index (Phi) is 5.08. The lowest BCUT2D eigenvalue weighted by Crippen LogP contribution is -2.49. The standard InChI is InChI=1S/C19H22F2N6O2/c1-12-23-15(10-25(12)2)14-9-13-16(3-4-22-18(13)24-14)26-5-7-27(8-6-26)19(28)29-11-17(20)21/h3-4,9-10,17H,5-8,11H2,1-2H3,(H,22,24). The zero-order chi connectivity index (χ0) is 20.5. The van der Waals surface area contributed by atoms with E-state index in [0.29, 0.717) is 26.2 Å². The average Bonchev–Trinajstić information content (AvgIpc) is 3.29. The van der Waals surface area contributed by atoms with E-state index in [-0.39, 0.29) is 0 Å². The molecule has 1 amide bonds. The summed E-state index contributed by atoms with van der Waals surface area (Å²) >= 11 is 0. The van der Waals surface area contributed by atoms with Gasteiger partial charge in [-0.2, -0.15) is 0 Å². The molecule has 29 heavy (non-hydrogen) atoms. The molecule has 0 aromatic carbocycles. The monoisotopic (exact) mass is 404 g/mol. The first-order chi connectivity index (χ1) is 13.9. The van der Waals surface area contributed by atoms with Crippen LogP contribution in [0.1, 0.15) is 5.82 Å². The molecule has 0 atom stereocenters. The molecule has 1 fully saturated rings. The first-order valence-electron chi connectivity index (χ1n) is 9.35. The Labute approximate surface area is 166 Å². The third-order valence-electron chi connectivity index (χ3n) is 5.10. The van der Waals surface area contributed by atoms with Gasteiger partial charge in [-0.05, 0) is 19.1 Å². The highest BCUT2D eigenvalue weighted by atomic mass is 19.3. The summed E-state index contributed by atoms with van der Waals surface area (Å²) in [6.07, 6.45) is 0.351. The second-order valence-corrected chi connectivity index (χ2v) is 7.00. The number of hydrogen-bond acceptors (Lipinski definition) is 5. The van der Waals surface area contributed by atoms with E-state index in [4.69, 9.17) is 0 Å². The lowest BCUT2D eigenvalue weighted by atomic mass is 10.2. The Morgan fingerprint density at radius 3 is 2.72 bits per heavy atom. The fourth-order valence-corrected chi connectivity index (χ4v) is 3.47. The van der Waals surface area contributed by atoms with Crippen LogP contribution < -0.4 is 4.90 Å². The quantitative estimate of drug-likeness (QED) is 0.723. The molecule has 1 saturated heterocycles. The van der Waals surface area contributed by atoms with Crippen LogP contribution >= 0.6 is 0 Å². The fourth-order valence-electron chi connectivity index (χ4n) is 3.47. The van der Waals surface area contributed by atoms with E-state index in [1.165, 1.54) is 4.90 Å². The number of nitrogens with zero attached hydrogens (tertiary/aromatic N) is 5.